The highest BCUT2D eigenvalue weighted by molar-refractivity contribution is 5.97. The summed E-state index contributed by atoms with van der Waals surface area (Å²) < 4.78 is 7.00. The average molecular weight is 340 g/mol. The fourth-order valence-corrected chi connectivity index (χ4v) is 3.08. The minimum absolute atomic E-state index is 0.0444. The number of rotatable bonds is 5. The van der Waals surface area contributed by atoms with Crippen molar-refractivity contribution < 1.29 is 19.1 Å². The molecule has 2 aromatic heterocycles. The second-order valence-corrected chi connectivity index (χ2v) is 5.95. The number of anilines is 1. The minimum Gasteiger partial charge on any atom is -0.477 e. The summed E-state index contributed by atoms with van der Waals surface area (Å²) in [4.78, 5) is 26.1. The number of aromatic nitrogens is 1. The molecule has 6 heteroatoms. The molecule has 0 radical (unpaired) electrons. The van der Waals surface area contributed by atoms with Crippen molar-refractivity contribution in [1.29, 1.82) is 0 Å². The van der Waals surface area contributed by atoms with E-state index in [0.29, 0.717) is 23.4 Å². The number of carboxylic acids is 1. The zero-order valence-corrected chi connectivity index (χ0v) is 14.4. The van der Waals surface area contributed by atoms with Crippen LogP contribution in [0.5, 0.6) is 0 Å². The van der Waals surface area contributed by atoms with Gasteiger partial charge in [-0.2, -0.15) is 0 Å². The SMILES string of the molecule is CCN(C(=O)Cn1c(C(=O)O)cc2oc(C)cc21)c1ccccc1C. The number of fused-ring (bicyclic) bond motifs is 1. The number of aromatic carboxylic acids is 1. The molecule has 0 saturated carbocycles. The first kappa shape index (κ1) is 16.8. The van der Waals surface area contributed by atoms with Crippen LogP contribution in [-0.4, -0.2) is 28.1 Å². The third kappa shape index (κ3) is 3.03. The van der Waals surface area contributed by atoms with Crippen LogP contribution in [0.15, 0.2) is 40.8 Å². The molecule has 0 aliphatic heterocycles. The van der Waals surface area contributed by atoms with Crippen molar-refractivity contribution in [2.24, 2.45) is 0 Å². The van der Waals surface area contributed by atoms with E-state index < -0.39 is 5.97 Å². The Kier molecular flexibility index (Phi) is 4.35. The van der Waals surface area contributed by atoms with Gasteiger partial charge in [0.1, 0.15) is 18.0 Å². The zero-order chi connectivity index (χ0) is 18.1. The van der Waals surface area contributed by atoms with E-state index in [1.165, 1.54) is 10.6 Å². The first-order chi connectivity index (χ1) is 11.9. The Morgan fingerprint density at radius 1 is 1.20 bits per heavy atom. The summed E-state index contributed by atoms with van der Waals surface area (Å²) in [5, 5.41) is 9.44. The molecule has 0 unspecified atom stereocenters. The molecule has 2 heterocycles. The number of benzene rings is 1. The molecule has 0 aliphatic carbocycles. The van der Waals surface area contributed by atoms with Crippen molar-refractivity contribution in [2.45, 2.75) is 27.3 Å². The minimum atomic E-state index is -1.09. The normalized spacial score (nSPS) is 11.0. The molecule has 0 spiro atoms. The number of hydrogen-bond acceptors (Lipinski definition) is 3. The zero-order valence-electron chi connectivity index (χ0n) is 14.4. The number of para-hydroxylation sites is 1. The highest BCUT2D eigenvalue weighted by Gasteiger charge is 2.22. The second-order valence-electron chi connectivity index (χ2n) is 5.95. The molecule has 6 nitrogen and oxygen atoms in total. The van der Waals surface area contributed by atoms with E-state index in [4.69, 9.17) is 4.42 Å². The van der Waals surface area contributed by atoms with Crippen molar-refractivity contribution >= 4 is 28.7 Å². The lowest BCUT2D eigenvalue weighted by Gasteiger charge is -2.23. The molecule has 1 N–H and O–H groups in total. The molecule has 0 fully saturated rings. The van der Waals surface area contributed by atoms with Crippen molar-refractivity contribution in [3.8, 4) is 0 Å². The largest absolute Gasteiger partial charge is 0.477 e. The van der Waals surface area contributed by atoms with Gasteiger partial charge >= 0.3 is 5.97 Å². The molecule has 1 aromatic carbocycles. The molecular formula is C19H20N2O4. The molecule has 3 rings (SSSR count). The van der Waals surface area contributed by atoms with E-state index in [2.05, 4.69) is 0 Å². The van der Waals surface area contributed by atoms with Gasteiger partial charge in [-0.3, -0.25) is 4.79 Å². The fraction of sp³-hybridized carbons (Fsp3) is 0.263. The lowest BCUT2D eigenvalue weighted by atomic mass is 10.2. The summed E-state index contributed by atoms with van der Waals surface area (Å²) >= 11 is 0. The lowest BCUT2D eigenvalue weighted by Crippen LogP contribution is -2.34. The van der Waals surface area contributed by atoms with Crippen LogP contribution in [0.3, 0.4) is 0 Å². The van der Waals surface area contributed by atoms with Gasteiger partial charge in [0.05, 0.1) is 5.52 Å². The molecule has 0 saturated heterocycles. The maximum Gasteiger partial charge on any atom is 0.352 e. The predicted molar refractivity (Wildman–Crippen MR) is 95.1 cm³/mol. The Morgan fingerprint density at radius 3 is 2.56 bits per heavy atom. The quantitative estimate of drug-likeness (QED) is 0.770. The van der Waals surface area contributed by atoms with Crippen LogP contribution in [0.1, 0.15) is 28.7 Å². The summed E-state index contributed by atoms with van der Waals surface area (Å²) in [5.41, 5.74) is 2.96. The van der Waals surface area contributed by atoms with Gasteiger partial charge in [0, 0.05) is 24.4 Å². The van der Waals surface area contributed by atoms with E-state index in [1.54, 1.807) is 17.9 Å². The number of aryl methyl sites for hydroxylation is 2. The molecule has 3 aromatic rings. The van der Waals surface area contributed by atoms with Crippen LogP contribution < -0.4 is 4.90 Å². The highest BCUT2D eigenvalue weighted by atomic mass is 16.4. The van der Waals surface area contributed by atoms with Gasteiger partial charge in [-0.1, -0.05) is 18.2 Å². The maximum absolute atomic E-state index is 12.9. The Hall–Kier alpha value is -3.02. The van der Waals surface area contributed by atoms with Crippen molar-refractivity contribution in [2.75, 3.05) is 11.4 Å². The van der Waals surface area contributed by atoms with Gasteiger partial charge in [-0.25, -0.2) is 4.79 Å². The standard InChI is InChI=1S/C19H20N2O4/c1-4-20(14-8-6-5-7-12(14)2)18(22)11-21-15-9-13(3)25-17(15)10-16(21)19(23)24/h5-10H,4,11H2,1-3H3,(H,23,24). The molecular weight excluding hydrogens is 320 g/mol. The van der Waals surface area contributed by atoms with Gasteiger partial charge < -0.3 is 19.0 Å². The summed E-state index contributed by atoms with van der Waals surface area (Å²) in [6.07, 6.45) is 0. The number of furan rings is 1. The summed E-state index contributed by atoms with van der Waals surface area (Å²) in [7, 11) is 0. The number of likely N-dealkylation sites (N-methyl/N-ethyl adjacent to an activating group) is 1. The van der Waals surface area contributed by atoms with E-state index in [1.807, 2.05) is 38.1 Å². The fourth-order valence-electron chi connectivity index (χ4n) is 3.08. The number of nitrogens with zero attached hydrogens (tertiary/aromatic N) is 2. The number of carbonyl (C=O) groups excluding carboxylic acids is 1. The van der Waals surface area contributed by atoms with Crippen LogP contribution in [0.4, 0.5) is 5.69 Å². The number of hydrogen-bond donors (Lipinski definition) is 1. The Morgan fingerprint density at radius 2 is 1.92 bits per heavy atom. The van der Waals surface area contributed by atoms with E-state index in [-0.39, 0.29) is 18.1 Å². The summed E-state index contributed by atoms with van der Waals surface area (Å²) in [5.74, 6) is -0.583. The summed E-state index contributed by atoms with van der Waals surface area (Å²) in [6.45, 7) is 6.07. The lowest BCUT2D eigenvalue weighted by molar-refractivity contribution is -0.119. The van der Waals surface area contributed by atoms with Crippen molar-refractivity contribution in [3.05, 3.63) is 53.4 Å². The van der Waals surface area contributed by atoms with Gasteiger partial charge in [0.25, 0.3) is 0 Å². The van der Waals surface area contributed by atoms with Crippen molar-refractivity contribution in [3.63, 3.8) is 0 Å². The molecule has 130 valence electrons. The maximum atomic E-state index is 12.9. The topological polar surface area (TPSA) is 75.7 Å². The smallest absolute Gasteiger partial charge is 0.352 e. The highest BCUT2D eigenvalue weighted by Crippen LogP contribution is 2.25. The second kappa shape index (κ2) is 6.47. The molecule has 0 atom stereocenters. The molecule has 0 bridgehead atoms. The third-order valence-electron chi connectivity index (χ3n) is 4.25. The molecule has 1 amide bonds. The van der Waals surface area contributed by atoms with Crippen LogP contribution in [-0.2, 0) is 11.3 Å². The first-order valence-electron chi connectivity index (χ1n) is 8.11. The monoisotopic (exact) mass is 340 g/mol. The molecule has 25 heavy (non-hydrogen) atoms. The van der Waals surface area contributed by atoms with E-state index in [9.17, 15) is 14.7 Å². The Bertz CT molecular complexity index is 952. The van der Waals surface area contributed by atoms with Gasteiger partial charge in [-0.15, -0.1) is 0 Å². The average Bonchev–Trinajstić information content (AvgIpc) is 3.07. The number of amides is 1. The van der Waals surface area contributed by atoms with Gasteiger partial charge in [0.15, 0.2) is 5.58 Å². The predicted octanol–water partition coefficient (Wildman–Crippen LogP) is 3.60. The molecule has 0 aliphatic rings. The van der Waals surface area contributed by atoms with Crippen molar-refractivity contribution in [1.82, 2.24) is 4.57 Å². The van der Waals surface area contributed by atoms with Crippen LogP contribution in [0.25, 0.3) is 11.1 Å². The van der Waals surface area contributed by atoms with Crippen LogP contribution in [0, 0.1) is 13.8 Å². The Balaban J connectivity index is 1.99. The summed E-state index contributed by atoms with van der Waals surface area (Å²) in [6, 6.07) is 10.8. The Labute approximate surface area is 145 Å². The van der Waals surface area contributed by atoms with Crippen LogP contribution >= 0.6 is 0 Å². The number of carbonyl (C=O) groups is 2. The van der Waals surface area contributed by atoms with E-state index in [0.717, 1.165) is 11.3 Å². The van der Waals surface area contributed by atoms with Gasteiger partial charge in [0.2, 0.25) is 5.91 Å². The first-order valence-corrected chi connectivity index (χ1v) is 8.11. The number of carboxylic acid groups (broad SMARTS) is 1. The van der Waals surface area contributed by atoms with E-state index >= 15 is 0 Å². The van der Waals surface area contributed by atoms with Gasteiger partial charge in [-0.05, 0) is 32.4 Å². The third-order valence-corrected chi connectivity index (χ3v) is 4.25. The van der Waals surface area contributed by atoms with Crippen LogP contribution in [0.2, 0.25) is 0 Å².